The highest BCUT2D eigenvalue weighted by Crippen LogP contribution is 2.29. The maximum Gasteiger partial charge on any atom is 0.228 e. The minimum atomic E-state index is -1.59. The van der Waals surface area contributed by atoms with Gasteiger partial charge in [0, 0.05) is 55.5 Å². The van der Waals surface area contributed by atoms with E-state index in [2.05, 4.69) is 35.1 Å². The Morgan fingerprint density at radius 1 is 1.20 bits per heavy atom. The zero-order valence-corrected chi connectivity index (χ0v) is 25.9. The Hall–Kier alpha value is -3.21. The van der Waals surface area contributed by atoms with Gasteiger partial charge in [-0.1, -0.05) is 39.0 Å². The molecule has 0 aliphatic heterocycles. The lowest BCUT2D eigenvalue weighted by Gasteiger charge is -2.26. The van der Waals surface area contributed by atoms with Crippen LogP contribution in [-0.4, -0.2) is 24.7 Å². The number of nitrogens with two attached hydrogens (primary N) is 1. The van der Waals surface area contributed by atoms with Crippen LogP contribution in [0.2, 0.25) is 0 Å². The quantitative estimate of drug-likeness (QED) is 0.324. The van der Waals surface area contributed by atoms with Crippen molar-refractivity contribution in [3.8, 4) is 0 Å². The minimum Gasteiger partial charge on any atom is -0.337 e. The number of imidazole rings is 1. The summed E-state index contributed by atoms with van der Waals surface area (Å²) in [5, 5.41) is 8.03. The molecule has 1 aromatic carbocycles. The summed E-state index contributed by atoms with van der Waals surface area (Å²) in [6.45, 7) is 6.55. The van der Waals surface area contributed by atoms with Crippen LogP contribution >= 0.6 is 11.3 Å². The number of hydrogen-bond donors (Lipinski definition) is 1. The maximum absolute atomic E-state index is 13.3. The first-order chi connectivity index (χ1) is 19.8. The van der Waals surface area contributed by atoms with Crippen LogP contribution in [0, 0.1) is 0 Å². The van der Waals surface area contributed by atoms with Crippen LogP contribution in [-0.2, 0) is 42.2 Å². The van der Waals surface area contributed by atoms with E-state index in [0.717, 1.165) is 29.4 Å². The van der Waals surface area contributed by atoms with Crippen molar-refractivity contribution in [2.24, 2.45) is 12.2 Å². The highest BCUT2D eigenvalue weighted by atomic mass is 32.2. The molecule has 2 aliphatic rings. The van der Waals surface area contributed by atoms with Crippen LogP contribution in [0.1, 0.15) is 74.3 Å². The number of thiazole rings is 1. The van der Waals surface area contributed by atoms with Crippen molar-refractivity contribution in [2.45, 2.75) is 71.8 Å². The van der Waals surface area contributed by atoms with E-state index in [-0.39, 0.29) is 24.1 Å². The number of aryl methyl sites for hydroxylation is 3. The molecule has 2 atom stereocenters. The van der Waals surface area contributed by atoms with Crippen molar-refractivity contribution in [3.63, 3.8) is 0 Å². The van der Waals surface area contributed by atoms with Gasteiger partial charge in [0.15, 0.2) is 0 Å². The highest BCUT2D eigenvalue weighted by molar-refractivity contribution is 7.86. The molecule has 0 saturated carbocycles. The van der Waals surface area contributed by atoms with Crippen molar-refractivity contribution >= 4 is 33.9 Å². The van der Waals surface area contributed by atoms with Gasteiger partial charge in [-0.15, -0.1) is 11.3 Å². The number of fused-ring (bicyclic) bond motifs is 1. The number of aromatic nitrogens is 3. The number of allylic oxidation sites excluding steroid dienone is 5. The summed E-state index contributed by atoms with van der Waals surface area (Å²) in [6.07, 6.45) is 17.0. The summed E-state index contributed by atoms with van der Waals surface area (Å²) in [7, 11) is 0.378. The summed E-state index contributed by atoms with van der Waals surface area (Å²) in [4.78, 5) is 24.3. The molecule has 2 heterocycles. The van der Waals surface area contributed by atoms with Gasteiger partial charge < -0.3 is 9.47 Å². The Morgan fingerprint density at radius 2 is 1.95 bits per heavy atom. The SMILES string of the molecule is CC.CC(CC(=O)N(Cc1nccn1C)c1ccc2c(c1)CCCC2)c1nccs1.NS(=O)C1=CC=CCC(F)=C1. The maximum atomic E-state index is 13.3. The molecule has 220 valence electrons. The van der Waals surface area contributed by atoms with Crippen LogP contribution in [0.4, 0.5) is 10.1 Å². The molecule has 0 bridgehead atoms. The van der Waals surface area contributed by atoms with Gasteiger partial charge in [-0.3, -0.25) is 4.79 Å². The molecule has 2 aliphatic carbocycles. The number of anilines is 1. The highest BCUT2D eigenvalue weighted by Gasteiger charge is 2.23. The molecule has 2 aromatic heterocycles. The molecule has 0 radical (unpaired) electrons. The summed E-state index contributed by atoms with van der Waals surface area (Å²) in [5.41, 5.74) is 3.78. The number of carbonyl (C=O) groups is 1. The summed E-state index contributed by atoms with van der Waals surface area (Å²) in [5.74, 6) is 0.784. The second-order valence-electron chi connectivity index (χ2n) is 9.66. The molecule has 0 spiro atoms. The Balaban J connectivity index is 0.000000299. The molecular weight excluding hydrogens is 558 g/mol. The van der Waals surface area contributed by atoms with Crippen LogP contribution in [0.5, 0.6) is 0 Å². The van der Waals surface area contributed by atoms with Gasteiger partial charge in [-0.2, -0.15) is 0 Å². The third kappa shape index (κ3) is 9.41. The van der Waals surface area contributed by atoms with E-state index in [4.69, 9.17) is 5.14 Å². The molecule has 7 nitrogen and oxygen atoms in total. The fourth-order valence-corrected chi connectivity index (χ4v) is 5.72. The van der Waals surface area contributed by atoms with E-state index >= 15 is 0 Å². The number of hydrogen-bond acceptors (Lipinski definition) is 5. The van der Waals surface area contributed by atoms with Crippen molar-refractivity contribution in [2.75, 3.05) is 4.90 Å². The molecule has 3 aromatic rings. The van der Waals surface area contributed by atoms with E-state index in [1.54, 1.807) is 42.0 Å². The first kappa shape index (κ1) is 32.3. The van der Waals surface area contributed by atoms with Gasteiger partial charge >= 0.3 is 0 Å². The molecule has 0 saturated heterocycles. The average molecular weight is 598 g/mol. The van der Waals surface area contributed by atoms with Gasteiger partial charge in [-0.25, -0.2) is 23.7 Å². The Morgan fingerprint density at radius 3 is 2.61 bits per heavy atom. The zero-order valence-electron chi connectivity index (χ0n) is 24.3. The van der Waals surface area contributed by atoms with Gasteiger partial charge in [0.25, 0.3) is 0 Å². The molecule has 2 unspecified atom stereocenters. The summed E-state index contributed by atoms with van der Waals surface area (Å²) in [6, 6.07) is 6.51. The number of carbonyl (C=O) groups excluding carboxylic acids is 1. The number of halogens is 1. The molecule has 10 heteroatoms. The van der Waals surface area contributed by atoms with E-state index in [9.17, 15) is 13.4 Å². The van der Waals surface area contributed by atoms with Crippen molar-refractivity contribution in [1.29, 1.82) is 0 Å². The number of amides is 1. The summed E-state index contributed by atoms with van der Waals surface area (Å²) >= 11 is 1.61. The van der Waals surface area contributed by atoms with Crippen LogP contribution in [0.15, 0.2) is 77.2 Å². The second-order valence-corrected chi connectivity index (χ2v) is 11.7. The molecular formula is C31H40FN5O2S2. The smallest absolute Gasteiger partial charge is 0.228 e. The predicted octanol–water partition coefficient (Wildman–Crippen LogP) is 6.81. The van der Waals surface area contributed by atoms with E-state index in [0.29, 0.717) is 17.9 Å². The standard InChI is InChI=1S/C22H26N4OS.C7H8FNOS.C2H6/c1-16(22-24-10-12-28-22)13-21(27)26(15-20-23-9-11-25(20)2)19-8-7-17-5-3-4-6-18(17)14-19;8-6-3-1-2-4-7(5-6)11(9)10;1-2/h7-12,14,16H,3-6,13,15H2,1-2H3;1-2,4-5H,3,9H2;1-2H3. The van der Waals surface area contributed by atoms with E-state index in [1.165, 1.54) is 30.0 Å². The normalized spacial score (nSPS) is 15.5. The fourth-order valence-electron chi connectivity index (χ4n) is 4.57. The molecule has 1 amide bonds. The van der Waals surface area contributed by atoms with Crippen LogP contribution in [0.3, 0.4) is 0 Å². The lowest BCUT2D eigenvalue weighted by molar-refractivity contribution is -0.119. The van der Waals surface area contributed by atoms with Gasteiger partial charge in [-0.05, 0) is 61.1 Å². The van der Waals surface area contributed by atoms with E-state index < -0.39 is 11.0 Å². The molecule has 0 fully saturated rings. The zero-order chi connectivity index (χ0) is 29.8. The lowest BCUT2D eigenvalue weighted by atomic mass is 9.91. The first-order valence-corrected chi connectivity index (χ1v) is 16.1. The third-order valence-corrected chi connectivity index (χ3v) is 8.49. The molecule has 5 rings (SSSR count). The Kier molecular flexibility index (Phi) is 12.8. The Labute approximate surface area is 249 Å². The van der Waals surface area contributed by atoms with Crippen molar-refractivity contribution < 1.29 is 13.4 Å². The number of nitrogens with zero attached hydrogens (tertiary/aromatic N) is 4. The number of rotatable bonds is 7. The predicted molar refractivity (Wildman–Crippen MR) is 167 cm³/mol. The van der Waals surface area contributed by atoms with Crippen LogP contribution in [0.25, 0.3) is 0 Å². The molecule has 2 N–H and O–H groups in total. The topological polar surface area (TPSA) is 94.1 Å². The van der Waals surface area contributed by atoms with Gasteiger partial charge in [0.1, 0.15) is 22.6 Å². The molecule has 41 heavy (non-hydrogen) atoms. The minimum absolute atomic E-state index is 0.106. The fraction of sp³-hybridized carbons (Fsp3) is 0.387. The third-order valence-electron chi connectivity index (χ3n) is 6.76. The van der Waals surface area contributed by atoms with Gasteiger partial charge in [0.05, 0.1) is 16.5 Å². The van der Waals surface area contributed by atoms with Crippen molar-refractivity contribution in [3.05, 3.63) is 99.2 Å². The van der Waals surface area contributed by atoms with E-state index in [1.807, 2.05) is 41.9 Å². The van der Waals surface area contributed by atoms with Gasteiger partial charge in [0.2, 0.25) is 5.91 Å². The Bertz CT molecular complexity index is 1400. The monoisotopic (exact) mass is 597 g/mol. The lowest BCUT2D eigenvalue weighted by Crippen LogP contribution is -2.32. The van der Waals surface area contributed by atoms with Crippen LogP contribution < -0.4 is 10.0 Å². The second kappa shape index (κ2) is 16.3. The average Bonchev–Trinajstić information content (AvgIpc) is 3.61. The first-order valence-electron chi connectivity index (χ1n) is 14.0. The van der Waals surface area contributed by atoms with Crippen molar-refractivity contribution in [1.82, 2.24) is 14.5 Å². The largest absolute Gasteiger partial charge is 0.337 e. The number of benzene rings is 1. The summed E-state index contributed by atoms with van der Waals surface area (Å²) < 4.78 is 25.3.